The monoisotopic (exact) mass is 371 g/mol. The number of nitrogens with one attached hydrogen (secondary N) is 2. The molecule has 0 bridgehead atoms. The quantitative estimate of drug-likeness (QED) is 0.273. The lowest BCUT2D eigenvalue weighted by Crippen LogP contribution is -2.36. The van der Waals surface area contributed by atoms with Gasteiger partial charge in [-0.2, -0.15) is 0 Å². The molecule has 0 aromatic heterocycles. The van der Waals surface area contributed by atoms with Crippen LogP contribution in [0.2, 0.25) is 0 Å². The van der Waals surface area contributed by atoms with Gasteiger partial charge in [-0.1, -0.05) is 42.5 Å². The fourth-order valence-corrected chi connectivity index (χ4v) is 2.66. The Bertz CT molecular complexity index is 677. The van der Waals surface area contributed by atoms with Gasteiger partial charge in [0.05, 0.1) is 6.42 Å². The molecule has 0 spiro atoms. The number of nitrogens with two attached hydrogens (primary N) is 1. The molecule has 0 heterocycles. The molecule has 1 amide bonds. The van der Waals surface area contributed by atoms with Gasteiger partial charge in [-0.15, -0.1) is 0 Å². The minimum atomic E-state index is -0.591. The molecule has 2 aromatic carbocycles. The van der Waals surface area contributed by atoms with Gasteiger partial charge in [0.1, 0.15) is 18.5 Å². The average Bonchev–Trinajstić information content (AvgIpc) is 2.70. The van der Waals surface area contributed by atoms with Crippen LogP contribution in [0.5, 0.6) is 5.75 Å². The van der Waals surface area contributed by atoms with Gasteiger partial charge in [-0.25, -0.2) is 5.84 Å². The van der Waals surface area contributed by atoms with Crippen molar-refractivity contribution in [1.29, 1.82) is 0 Å². The summed E-state index contributed by atoms with van der Waals surface area (Å²) in [4.78, 5) is 11.2. The van der Waals surface area contributed by atoms with E-state index in [0.29, 0.717) is 18.3 Å². The van der Waals surface area contributed by atoms with Crippen LogP contribution in [0.15, 0.2) is 54.6 Å². The third-order valence-electron chi connectivity index (χ3n) is 4.30. The summed E-state index contributed by atoms with van der Waals surface area (Å²) in [6.45, 7) is 2.80. The van der Waals surface area contributed by atoms with E-state index >= 15 is 0 Å². The first-order chi connectivity index (χ1) is 13.1. The molecule has 0 aliphatic carbocycles. The van der Waals surface area contributed by atoms with Crippen LogP contribution in [0.25, 0.3) is 0 Å². The number of carbonyl (C=O) groups is 1. The van der Waals surface area contributed by atoms with Gasteiger partial charge in [0.25, 0.3) is 0 Å². The summed E-state index contributed by atoms with van der Waals surface area (Å²) in [5, 5.41) is 13.4. The summed E-state index contributed by atoms with van der Waals surface area (Å²) in [5.74, 6) is 5.48. The molecule has 2 unspecified atom stereocenters. The summed E-state index contributed by atoms with van der Waals surface area (Å²) in [6, 6.07) is 17.9. The molecular weight excluding hydrogens is 342 g/mol. The number of ether oxygens (including phenoxy) is 1. The third kappa shape index (κ3) is 8.21. The van der Waals surface area contributed by atoms with Crippen molar-refractivity contribution in [3.63, 3.8) is 0 Å². The fraction of sp³-hybridized carbons (Fsp3) is 0.381. The number of hydrogen-bond acceptors (Lipinski definition) is 5. The van der Waals surface area contributed by atoms with Crippen LogP contribution in [0.3, 0.4) is 0 Å². The number of hydrogen-bond donors (Lipinski definition) is 4. The highest BCUT2D eigenvalue weighted by atomic mass is 16.5. The lowest BCUT2D eigenvalue weighted by molar-refractivity contribution is -0.120. The molecule has 2 aromatic rings. The first kappa shape index (κ1) is 20.9. The molecule has 0 fully saturated rings. The van der Waals surface area contributed by atoms with E-state index in [4.69, 9.17) is 10.6 Å². The number of aryl methyl sites for hydroxylation is 1. The SMILES string of the molecule is CC(CCc1ccccc1)NCC(O)COc1ccc(CC(=O)NN)cc1. The largest absolute Gasteiger partial charge is 0.491 e. The molecule has 0 aliphatic rings. The van der Waals surface area contributed by atoms with Gasteiger partial charge in [0, 0.05) is 12.6 Å². The zero-order valence-electron chi connectivity index (χ0n) is 15.7. The van der Waals surface area contributed by atoms with E-state index < -0.39 is 6.10 Å². The van der Waals surface area contributed by atoms with Crippen LogP contribution in [-0.2, 0) is 17.6 Å². The minimum Gasteiger partial charge on any atom is -0.491 e. The highest BCUT2D eigenvalue weighted by Gasteiger charge is 2.09. The molecule has 6 heteroatoms. The zero-order chi connectivity index (χ0) is 19.5. The lowest BCUT2D eigenvalue weighted by atomic mass is 10.1. The van der Waals surface area contributed by atoms with Crippen LogP contribution < -0.4 is 21.3 Å². The molecule has 6 nitrogen and oxygen atoms in total. The molecule has 0 radical (unpaired) electrons. The Hall–Kier alpha value is -2.41. The van der Waals surface area contributed by atoms with Crippen molar-refractivity contribution in [2.24, 2.45) is 5.84 Å². The van der Waals surface area contributed by atoms with Crippen LogP contribution in [0.4, 0.5) is 0 Å². The summed E-state index contributed by atoms with van der Waals surface area (Å²) < 4.78 is 5.60. The van der Waals surface area contributed by atoms with E-state index in [2.05, 4.69) is 29.8 Å². The van der Waals surface area contributed by atoms with Crippen LogP contribution >= 0.6 is 0 Å². The topological polar surface area (TPSA) is 96.6 Å². The number of hydrazine groups is 1. The minimum absolute atomic E-state index is 0.209. The van der Waals surface area contributed by atoms with E-state index in [0.717, 1.165) is 18.4 Å². The maximum Gasteiger partial charge on any atom is 0.238 e. The third-order valence-corrected chi connectivity index (χ3v) is 4.30. The standard InChI is InChI=1S/C21H29N3O3/c1-16(7-8-17-5-3-2-4-6-17)23-14-19(25)15-27-20-11-9-18(10-12-20)13-21(26)24-22/h2-6,9-12,16,19,23,25H,7-8,13-15,22H2,1H3,(H,24,26). The van der Waals surface area contributed by atoms with Crippen LogP contribution in [0.1, 0.15) is 24.5 Å². The summed E-state index contributed by atoms with van der Waals surface area (Å²) in [7, 11) is 0. The van der Waals surface area contributed by atoms with Crippen molar-refractivity contribution in [3.05, 3.63) is 65.7 Å². The normalized spacial score (nSPS) is 13.0. The first-order valence-electron chi connectivity index (χ1n) is 9.23. The van der Waals surface area contributed by atoms with Gasteiger partial charge in [0.2, 0.25) is 5.91 Å². The zero-order valence-corrected chi connectivity index (χ0v) is 15.7. The van der Waals surface area contributed by atoms with Gasteiger partial charge in [-0.05, 0) is 43.0 Å². The number of amides is 1. The second-order valence-electron chi connectivity index (χ2n) is 6.69. The Balaban J connectivity index is 1.63. The maximum absolute atomic E-state index is 11.2. The van der Waals surface area contributed by atoms with Gasteiger partial charge >= 0.3 is 0 Å². The molecule has 0 saturated heterocycles. The predicted octanol–water partition coefficient (Wildman–Crippen LogP) is 1.57. The molecule has 27 heavy (non-hydrogen) atoms. The highest BCUT2D eigenvalue weighted by Crippen LogP contribution is 2.13. The molecule has 146 valence electrons. The lowest BCUT2D eigenvalue weighted by Gasteiger charge is -2.18. The van der Waals surface area contributed by atoms with E-state index in [1.165, 1.54) is 5.56 Å². The summed E-state index contributed by atoms with van der Waals surface area (Å²) in [6.07, 6.45) is 1.65. The predicted molar refractivity (Wildman–Crippen MR) is 106 cm³/mol. The molecular formula is C21H29N3O3. The summed E-state index contributed by atoms with van der Waals surface area (Å²) >= 11 is 0. The van der Waals surface area contributed by atoms with Gasteiger partial charge in [-0.3, -0.25) is 10.2 Å². The molecule has 2 rings (SSSR count). The van der Waals surface area contributed by atoms with E-state index in [9.17, 15) is 9.90 Å². The second-order valence-corrected chi connectivity index (χ2v) is 6.69. The van der Waals surface area contributed by atoms with Crippen molar-refractivity contribution < 1.29 is 14.6 Å². The van der Waals surface area contributed by atoms with Crippen molar-refractivity contribution in [2.45, 2.75) is 38.3 Å². The van der Waals surface area contributed by atoms with E-state index in [-0.39, 0.29) is 18.9 Å². The smallest absolute Gasteiger partial charge is 0.238 e. The number of aliphatic hydroxyl groups excluding tert-OH is 1. The van der Waals surface area contributed by atoms with Crippen LogP contribution in [0, 0.1) is 0 Å². The van der Waals surface area contributed by atoms with Gasteiger partial charge < -0.3 is 15.2 Å². The van der Waals surface area contributed by atoms with E-state index in [1.807, 2.05) is 18.2 Å². The Morgan fingerprint density at radius 3 is 2.48 bits per heavy atom. The van der Waals surface area contributed by atoms with Crippen molar-refractivity contribution >= 4 is 5.91 Å². The Labute approximate surface area is 160 Å². The van der Waals surface area contributed by atoms with E-state index in [1.54, 1.807) is 24.3 Å². The maximum atomic E-state index is 11.2. The molecule has 0 saturated carbocycles. The number of carbonyl (C=O) groups excluding carboxylic acids is 1. The molecule has 0 aliphatic heterocycles. The number of rotatable bonds is 11. The first-order valence-corrected chi connectivity index (χ1v) is 9.23. The van der Waals surface area contributed by atoms with Crippen molar-refractivity contribution in [1.82, 2.24) is 10.7 Å². The Kier molecular flexibility index (Phi) is 8.77. The average molecular weight is 371 g/mol. The Morgan fingerprint density at radius 1 is 1.11 bits per heavy atom. The second kappa shape index (κ2) is 11.3. The molecule has 5 N–H and O–H groups in total. The summed E-state index contributed by atoms with van der Waals surface area (Å²) in [5.41, 5.74) is 4.27. The molecule has 2 atom stereocenters. The fourth-order valence-electron chi connectivity index (χ4n) is 2.66. The highest BCUT2D eigenvalue weighted by molar-refractivity contribution is 5.77. The number of benzene rings is 2. The van der Waals surface area contributed by atoms with Crippen molar-refractivity contribution in [3.8, 4) is 5.75 Å². The van der Waals surface area contributed by atoms with Gasteiger partial charge in [0.15, 0.2) is 0 Å². The van der Waals surface area contributed by atoms with Crippen LogP contribution in [-0.4, -0.2) is 36.3 Å². The Morgan fingerprint density at radius 2 is 1.81 bits per heavy atom. The number of aliphatic hydroxyl groups is 1. The van der Waals surface area contributed by atoms with Crippen molar-refractivity contribution in [2.75, 3.05) is 13.2 Å².